The van der Waals surface area contributed by atoms with E-state index in [1.165, 1.54) is 11.1 Å². The van der Waals surface area contributed by atoms with Crippen LogP contribution < -0.4 is 4.74 Å². The van der Waals surface area contributed by atoms with Gasteiger partial charge in [0.25, 0.3) is 0 Å². The Hall–Kier alpha value is -0.670. The molecule has 1 aromatic carbocycles. The molecule has 0 amide bonds. The number of nitrogens with zero attached hydrogens (tertiary/aromatic N) is 1. The second-order valence-corrected chi connectivity index (χ2v) is 4.25. The van der Waals surface area contributed by atoms with Gasteiger partial charge in [0.1, 0.15) is 5.75 Å². The molecule has 16 heavy (non-hydrogen) atoms. The number of ether oxygens (including phenoxy) is 1. The Labute approximate surface area is 104 Å². The Kier molecular flexibility index (Phi) is 5.71. The number of hydrogen-bond donors (Lipinski definition) is 1. The standard InChI is InChI=1S/C13H21NOS/c1-4-12-9-11(5-6-13(12)15-3)7-8-14(2)10-16/h5-6,9,16H,4,7-8,10H2,1-3H3. The van der Waals surface area contributed by atoms with E-state index in [0.717, 1.165) is 31.0 Å². The van der Waals surface area contributed by atoms with E-state index in [-0.39, 0.29) is 0 Å². The molecule has 2 nitrogen and oxygen atoms in total. The van der Waals surface area contributed by atoms with Crippen molar-refractivity contribution in [2.45, 2.75) is 19.8 Å². The minimum Gasteiger partial charge on any atom is -0.496 e. The SMILES string of the molecule is CCc1cc(CCN(C)CS)ccc1OC. The van der Waals surface area contributed by atoms with Crippen LogP contribution in [0.1, 0.15) is 18.1 Å². The average Bonchev–Trinajstić information content (AvgIpc) is 2.35. The van der Waals surface area contributed by atoms with Gasteiger partial charge in [-0.15, -0.1) is 0 Å². The molecule has 0 bridgehead atoms. The molecular weight excluding hydrogens is 218 g/mol. The van der Waals surface area contributed by atoms with Crippen LogP contribution >= 0.6 is 12.6 Å². The summed E-state index contributed by atoms with van der Waals surface area (Å²) in [7, 11) is 3.81. The molecule has 90 valence electrons. The van der Waals surface area contributed by atoms with E-state index in [2.05, 4.69) is 49.7 Å². The van der Waals surface area contributed by atoms with Crippen LogP contribution in [-0.2, 0) is 12.8 Å². The van der Waals surface area contributed by atoms with Crippen molar-refractivity contribution in [1.82, 2.24) is 4.90 Å². The number of likely N-dealkylation sites (N-methyl/N-ethyl adjacent to an activating group) is 1. The van der Waals surface area contributed by atoms with E-state index in [9.17, 15) is 0 Å². The second-order valence-electron chi connectivity index (χ2n) is 3.97. The van der Waals surface area contributed by atoms with Gasteiger partial charge in [0.15, 0.2) is 0 Å². The van der Waals surface area contributed by atoms with E-state index < -0.39 is 0 Å². The Morgan fingerprint density at radius 1 is 1.38 bits per heavy atom. The fourth-order valence-corrected chi connectivity index (χ4v) is 1.80. The summed E-state index contributed by atoms with van der Waals surface area (Å²) in [5.41, 5.74) is 2.65. The zero-order chi connectivity index (χ0) is 12.0. The van der Waals surface area contributed by atoms with E-state index in [1.807, 2.05) is 0 Å². The second kappa shape index (κ2) is 6.81. The summed E-state index contributed by atoms with van der Waals surface area (Å²) < 4.78 is 5.32. The molecule has 0 atom stereocenters. The predicted molar refractivity (Wildman–Crippen MR) is 72.6 cm³/mol. The fraction of sp³-hybridized carbons (Fsp3) is 0.538. The normalized spacial score (nSPS) is 10.8. The summed E-state index contributed by atoms with van der Waals surface area (Å²) in [6.45, 7) is 3.19. The summed E-state index contributed by atoms with van der Waals surface area (Å²) in [6, 6.07) is 6.45. The maximum absolute atomic E-state index is 5.32. The highest BCUT2D eigenvalue weighted by Gasteiger charge is 2.03. The quantitative estimate of drug-likeness (QED) is 0.605. The van der Waals surface area contributed by atoms with Gasteiger partial charge in [-0.25, -0.2) is 0 Å². The van der Waals surface area contributed by atoms with Gasteiger partial charge in [-0.2, -0.15) is 12.6 Å². The van der Waals surface area contributed by atoms with Crippen LogP contribution in [0.15, 0.2) is 18.2 Å². The van der Waals surface area contributed by atoms with Gasteiger partial charge < -0.3 is 4.74 Å². The summed E-state index contributed by atoms with van der Waals surface area (Å²) in [4.78, 5) is 2.19. The van der Waals surface area contributed by atoms with Crippen molar-refractivity contribution in [2.24, 2.45) is 0 Å². The van der Waals surface area contributed by atoms with Crippen molar-refractivity contribution >= 4 is 12.6 Å². The van der Waals surface area contributed by atoms with Crippen LogP contribution in [0.2, 0.25) is 0 Å². The molecule has 0 saturated carbocycles. The van der Waals surface area contributed by atoms with Gasteiger partial charge in [-0.3, -0.25) is 4.90 Å². The van der Waals surface area contributed by atoms with Crippen LogP contribution in [0, 0.1) is 0 Å². The predicted octanol–water partition coefficient (Wildman–Crippen LogP) is 2.62. The van der Waals surface area contributed by atoms with Gasteiger partial charge in [0, 0.05) is 12.4 Å². The molecular formula is C13H21NOS. The molecule has 1 aromatic rings. The molecule has 0 radical (unpaired) electrons. The largest absolute Gasteiger partial charge is 0.496 e. The van der Waals surface area contributed by atoms with Crippen LogP contribution in [0.5, 0.6) is 5.75 Å². The molecule has 0 aliphatic carbocycles. The Balaban J connectivity index is 2.67. The van der Waals surface area contributed by atoms with Gasteiger partial charge in [0.2, 0.25) is 0 Å². The molecule has 0 N–H and O–H groups in total. The van der Waals surface area contributed by atoms with Gasteiger partial charge >= 0.3 is 0 Å². The monoisotopic (exact) mass is 239 g/mol. The number of benzene rings is 1. The summed E-state index contributed by atoms with van der Waals surface area (Å²) in [5.74, 6) is 1.80. The molecule has 0 spiro atoms. The number of aryl methyl sites for hydroxylation is 1. The Morgan fingerprint density at radius 3 is 2.69 bits per heavy atom. The highest BCUT2D eigenvalue weighted by Crippen LogP contribution is 2.20. The van der Waals surface area contributed by atoms with Crippen LogP contribution in [0.3, 0.4) is 0 Å². The molecule has 0 aliphatic rings. The van der Waals surface area contributed by atoms with E-state index in [4.69, 9.17) is 4.74 Å². The summed E-state index contributed by atoms with van der Waals surface area (Å²) in [6.07, 6.45) is 2.08. The molecule has 0 heterocycles. The third kappa shape index (κ3) is 3.72. The number of methoxy groups -OCH3 is 1. The van der Waals surface area contributed by atoms with Crippen LogP contribution in [0.25, 0.3) is 0 Å². The lowest BCUT2D eigenvalue weighted by molar-refractivity contribution is 0.397. The zero-order valence-corrected chi connectivity index (χ0v) is 11.3. The van der Waals surface area contributed by atoms with Crippen LogP contribution in [-0.4, -0.2) is 31.5 Å². The van der Waals surface area contributed by atoms with Gasteiger partial charge in [-0.1, -0.05) is 19.1 Å². The Bertz CT molecular complexity index is 328. The summed E-state index contributed by atoms with van der Waals surface area (Å²) in [5, 5.41) is 0. The van der Waals surface area contributed by atoms with E-state index in [1.54, 1.807) is 7.11 Å². The molecule has 0 aliphatic heterocycles. The van der Waals surface area contributed by atoms with Crippen molar-refractivity contribution in [3.63, 3.8) is 0 Å². The first-order valence-corrected chi connectivity index (χ1v) is 6.29. The first-order valence-electron chi connectivity index (χ1n) is 5.66. The minimum atomic E-state index is 0.802. The minimum absolute atomic E-state index is 0.802. The highest BCUT2D eigenvalue weighted by molar-refractivity contribution is 7.80. The van der Waals surface area contributed by atoms with Crippen molar-refractivity contribution in [1.29, 1.82) is 0 Å². The third-order valence-corrected chi connectivity index (χ3v) is 3.23. The first-order chi connectivity index (χ1) is 7.71. The number of thiol groups is 1. The van der Waals surface area contributed by atoms with E-state index >= 15 is 0 Å². The molecule has 1 rings (SSSR count). The molecule has 0 fully saturated rings. The maximum atomic E-state index is 5.32. The zero-order valence-electron chi connectivity index (χ0n) is 10.4. The molecule has 0 unspecified atom stereocenters. The average molecular weight is 239 g/mol. The lowest BCUT2D eigenvalue weighted by atomic mass is 10.1. The summed E-state index contributed by atoms with van der Waals surface area (Å²) >= 11 is 4.24. The Morgan fingerprint density at radius 2 is 2.12 bits per heavy atom. The number of hydrogen-bond acceptors (Lipinski definition) is 3. The smallest absolute Gasteiger partial charge is 0.122 e. The van der Waals surface area contributed by atoms with Crippen LogP contribution in [0.4, 0.5) is 0 Å². The van der Waals surface area contributed by atoms with Gasteiger partial charge in [0.05, 0.1) is 7.11 Å². The highest BCUT2D eigenvalue weighted by atomic mass is 32.1. The van der Waals surface area contributed by atoms with Crippen molar-refractivity contribution in [3.05, 3.63) is 29.3 Å². The molecule has 3 heteroatoms. The molecule has 0 saturated heterocycles. The number of rotatable bonds is 6. The molecule has 0 aromatic heterocycles. The first kappa shape index (κ1) is 13.4. The van der Waals surface area contributed by atoms with Crippen molar-refractivity contribution < 1.29 is 4.74 Å². The maximum Gasteiger partial charge on any atom is 0.122 e. The van der Waals surface area contributed by atoms with E-state index in [0.29, 0.717) is 0 Å². The van der Waals surface area contributed by atoms with Crippen molar-refractivity contribution in [3.8, 4) is 5.75 Å². The van der Waals surface area contributed by atoms with Crippen molar-refractivity contribution in [2.75, 3.05) is 26.6 Å². The fourth-order valence-electron chi connectivity index (χ4n) is 1.65. The lowest BCUT2D eigenvalue weighted by Crippen LogP contribution is -2.19. The lowest BCUT2D eigenvalue weighted by Gasteiger charge is -2.14. The third-order valence-electron chi connectivity index (χ3n) is 2.75. The van der Waals surface area contributed by atoms with Gasteiger partial charge in [-0.05, 0) is 37.1 Å². The topological polar surface area (TPSA) is 12.5 Å².